The van der Waals surface area contributed by atoms with E-state index >= 15 is 0 Å². The summed E-state index contributed by atoms with van der Waals surface area (Å²) in [5.74, 6) is 0. The van der Waals surface area contributed by atoms with Gasteiger partial charge in [0.2, 0.25) is 0 Å². The molecule has 1 fully saturated rings. The highest BCUT2D eigenvalue weighted by atomic mass is 16.6. The predicted molar refractivity (Wildman–Crippen MR) is 91.2 cm³/mol. The van der Waals surface area contributed by atoms with Crippen LogP contribution in [0.15, 0.2) is 24.4 Å². The quantitative estimate of drug-likeness (QED) is 0.824. The Hall–Kier alpha value is -2.28. The topological polar surface area (TPSA) is 79.6 Å². The van der Waals surface area contributed by atoms with E-state index in [0.717, 1.165) is 23.7 Å². The third-order valence-corrected chi connectivity index (χ3v) is 4.19. The molecule has 1 aliphatic rings. The molecule has 7 heteroatoms. The van der Waals surface area contributed by atoms with Gasteiger partial charge in [-0.15, -0.1) is 0 Å². The number of amides is 1. The van der Waals surface area contributed by atoms with Crippen LogP contribution in [-0.4, -0.2) is 44.7 Å². The molecule has 3 rings (SSSR count). The number of hydrogen-bond acceptors (Lipinski definition) is 5. The Morgan fingerprint density at radius 1 is 1.33 bits per heavy atom. The Bertz CT molecular complexity index is 727. The summed E-state index contributed by atoms with van der Waals surface area (Å²) in [6.07, 6.45) is 3.24. The van der Waals surface area contributed by atoms with E-state index in [4.69, 9.17) is 9.94 Å². The summed E-state index contributed by atoms with van der Waals surface area (Å²) in [7, 11) is 0. The molecular formula is C17H24N4O3. The Morgan fingerprint density at radius 3 is 2.67 bits per heavy atom. The maximum Gasteiger partial charge on any atom is 0.410 e. The van der Waals surface area contributed by atoms with Gasteiger partial charge in [-0.3, -0.25) is 15.4 Å². The van der Waals surface area contributed by atoms with Gasteiger partial charge in [-0.2, -0.15) is 5.10 Å². The second kappa shape index (κ2) is 6.32. The Kier molecular flexibility index (Phi) is 4.36. The van der Waals surface area contributed by atoms with E-state index in [1.807, 2.05) is 43.7 Å². The number of hydrogen-bond donors (Lipinski definition) is 2. The monoisotopic (exact) mass is 332 g/mol. The second-order valence-corrected chi connectivity index (χ2v) is 7.17. The van der Waals surface area contributed by atoms with Gasteiger partial charge in [0.15, 0.2) is 0 Å². The fourth-order valence-electron chi connectivity index (χ4n) is 3.03. The highest BCUT2D eigenvalue weighted by Gasteiger charge is 2.28. The molecule has 7 nitrogen and oxygen atoms in total. The first-order chi connectivity index (χ1) is 11.4. The number of benzene rings is 1. The van der Waals surface area contributed by atoms with Crippen molar-refractivity contribution in [3.63, 3.8) is 0 Å². The first kappa shape index (κ1) is 16.6. The Balaban J connectivity index is 1.68. The van der Waals surface area contributed by atoms with Gasteiger partial charge in [0.25, 0.3) is 0 Å². The molecule has 1 aliphatic heterocycles. The van der Waals surface area contributed by atoms with Crippen LogP contribution in [0, 0.1) is 0 Å². The van der Waals surface area contributed by atoms with Gasteiger partial charge in [0.05, 0.1) is 23.4 Å². The number of nitrogens with one attached hydrogen (secondary N) is 1. The summed E-state index contributed by atoms with van der Waals surface area (Å²) in [6, 6.07) is 5.88. The molecule has 0 bridgehead atoms. The molecule has 1 saturated heterocycles. The van der Waals surface area contributed by atoms with E-state index in [-0.39, 0.29) is 12.1 Å². The van der Waals surface area contributed by atoms with E-state index in [9.17, 15) is 4.79 Å². The zero-order chi connectivity index (χ0) is 17.3. The number of carbonyl (C=O) groups is 1. The normalized spacial score (nSPS) is 16.4. The zero-order valence-corrected chi connectivity index (χ0v) is 14.3. The van der Waals surface area contributed by atoms with Crippen LogP contribution in [0.3, 0.4) is 0 Å². The van der Waals surface area contributed by atoms with Crippen LogP contribution < -0.4 is 5.48 Å². The Labute approximate surface area is 141 Å². The maximum atomic E-state index is 12.1. The number of nitrogens with zero attached hydrogens (tertiary/aromatic N) is 3. The molecule has 1 aromatic carbocycles. The largest absolute Gasteiger partial charge is 0.444 e. The predicted octanol–water partition coefficient (Wildman–Crippen LogP) is 3.41. The summed E-state index contributed by atoms with van der Waals surface area (Å²) in [5.41, 5.74) is 3.35. The molecule has 1 amide bonds. The zero-order valence-electron chi connectivity index (χ0n) is 14.3. The van der Waals surface area contributed by atoms with Crippen LogP contribution in [-0.2, 0) is 4.74 Å². The van der Waals surface area contributed by atoms with Crippen molar-refractivity contribution in [2.75, 3.05) is 18.6 Å². The number of ether oxygens (including phenoxy) is 1. The molecular weight excluding hydrogens is 308 g/mol. The van der Waals surface area contributed by atoms with Gasteiger partial charge in [0.1, 0.15) is 5.60 Å². The minimum atomic E-state index is -0.468. The van der Waals surface area contributed by atoms with Crippen LogP contribution in [0.4, 0.5) is 10.5 Å². The number of piperidine rings is 1. The van der Waals surface area contributed by atoms with Crippen molar-refractivity contribution in [3.05, 3.63) is 24.4 Å². The Morgan fingerprint density at radius 2 is 2.04 bits per heavy atom. The molecule has 0 aliphatic carbocycles. The number of aromatic nitrogens is 2. The van der Waals surface area contributed by atoms with E-state index in [1.54, 1.807) is 11.1 Å². The highest BCUT2D eigenvalue weighted by Crippen LogP contribution is 2.28. The average molecular weight is 332 g/mol. The lowest BCUT2D eigenvalue weighted by Gasteiger charge is -2.33. The molecule has 24 heavy (non-hydrogen) atoms. The van der Waals surface area contributed by atoms with Crippen LogP contribution >= 0.6 is 0 Å². The summed E-state index contributed by atoms with van der Waals surface area (Å²) in [4.78, 5) is 13.9. The van der Waals surface area contributed by atoms with Crippen LogP contribution in [0.2, 0.25) is 0 Å². The van der Waals surface area contributed by atoms with Crippen molar-refractivity contribution in [1.82, 2.24) is 14.7 Å². The molecule has 0 unspecified atom stereocenters. The van der Waals surface area contributed by atoms with Crippen molar-refractivity contribution >= 4 is 22.7 Å². The van der Waals surface area contributed by atoms with E-state index in [0.29, 0.717) is 18.8 Å². The van der Waals surface area contributed by atoms with Crippen molar-refractivity contribution in [1.29, 1.82) is 0 Å². The molecule has 2 N–H and O–H groups in total. The van der Waals surface area contributed by atoms with Gasteiger partial charge in [-0.1, -0.05) is 0 Å². The minimum Gasteiger partial charge on any atom is -0.444 e. The summed E-state index contributed by atoms with van der Waals surface area (Å²) < 4.78 is 7.45. The van der Waals surface area contributed by atoms with Gasteiger partial charge in [0, 0.05) is 18.5 Å². The molecule has 2 aromatic rings. The lowest BCUT2D eigenvalue weighted by Crippen LogP contribution is -2.42. The maximum absolute atomic E-state index is 12.1. The summed E-state index contributed by atoms with van der Waals surface area (Å²) in [5, 5.41) is 14.5. The van der Waals surface area contributed by atoms with Gasteiger partial charge in [-0.05, 0) is 51.8 Å². The van der Waals surface area contributed by atoms with Crippen LogP contribution in [0.5, 0.6) is 0 Å². The van der Waals surface area contributed by atoms with Crippen molar-refractivity contribution < 1.29 is 14.7 Å². The molecule has 1 aromatic heterocycles. The van der Waals surface area contributed by atoms with Gasteiger partial charge < -0.3 is 9.64 Å². The van der Waals surface area contributed by atoms with Crippen molar-refractivity contribution in [2.45, 2.75) is 45.3 Å². The molecule has 0 atom stereocenters. The minimum absolute atomic E-state index is 0.245. The van der Waals surface area contributed by atoms with Gasteiger partial charge >= 0.3 is 6.09 Å². The standard InChI is InChI=1S/C17H24N4O3/c1-17(2,3)24-16(22)20-8-6-14(7-9-20)21-15-5-4-13(19-23)10-12(15)11-18-21/h4-5,10-11,14,19,23H,6-9H2,1-3H3. The van der Waals surface area contributed by atoms with E-state index in [1.165, 1.54) is 0 Å². The number of carbonyl (C=O) groups excluding carboxylic acids is 1. The number of rotatable bonds is 2. The van der Waals surface area contributed by atoms with E-state index in [2.05, 4.69) is 10.6 Å². The fraction of sp³-hybridized carbons (Fsp3) is 0.529. The van der Waals surface area contributed by atoms with Gasteiger partial charge in [-0.25, -0.2) is 4.79 Å². The molecule has 0 saturated carbocycles. The van der Waals surface area contributed by atoms with Crippen molar-refractivity contribution in [2.24, 2.45) is 0 Å². The number of anilines is 1. The molecule has 0 radical (unpaired) electrons. The van der Waals surface area contributed by atoms with Crippen LogP contribution in [0.1, 0.15) is 39.7 Å². The second-order valence-electron chi connectivity index (χ2n) is 7.17. The molecule has 2 heterocycles. The number of likely N-dealkylation sites (tertiary alicyclic amines) is 1. The fourth-order valence-corrected chi connectivity index (χ4v) is 3.03. The molecule has 0 spiro atoms. The summed E-state index contributed by atoms with van der Waals surface area (Å²) in [6.45, 7) is 6.96. The smallest absolute Gasteiger partial charge is 0.410 e. The van der Waals surface area contributed by atoms with E-state index < -0.39 is 5.60 Å². The molecule has 130 valence electrons. The van der Waals surface area contributed by atoms with Crippen molar-refractivity contribution in [3.8, 4) is 0 Å². The third kappa shape index (κ3) is 3.46. The first-order valence-corrected chi connectivity index (χ1v) is 8.23. The average Bonchev–Trinajstić information content (AvgIpc) is 2.96. The SMILES string of the molecule is CC(C)(C)OC(=O)N1CCC(n2ncc3cc(NO)ccc32)CC1. The van der Waals surface area contributed by atoms with Crippen LogP contribution in [0.25, 0.3) is 10.9 Å². The third-order valence-electron chi connectivity index (χ3n) is 4.19. The lowest BCUT2D eigenvalue weighted by atomic mass is 10.1. The number of fused-ring (bicyclic) bond motifs is 1. The first-order valence-electron chi connectivity index (χ1n) is 8.23. The summed E-state index contributed by atoms with van der Waals surface area (Å²) >= 11 is 0. The highest BCUT2D eigenvalue weighted by molar-refractivity contribution is 5.82. The lowest BCUT2D eigenvalue weighted by molar-refractivity contribution is 0.0186.